The number of benzene rings is 1. The van der Waals surface area contributed by atoms with Crippen molar-refractivity contribution in [2.45, 2.75) is 24.8 Å². The van der Waals surface area contributed by atoms with Gasteiger partial charge in [0.1, 0.15) is 11.7 Å². The van der Waals surface area contributed by atoms with Crippen molar-refractivity contribution in [1.82, 2.24) is 4.72 Å². The average Bonchev–Trinajstić information content (AvgIpc) is 2.26. The molecule has 0 amide bonds. The van der Waals surface area contributed by atoms with Crippen LogP contribution in [0.2, 0.25) is 0 Å². The molecule has 0 bridgehead atoms. The molecule has 0 aromatic heterocycles. The predicted octanol–water partition coefficient (Wildman–Crippen LogP) is 1.06. The van der Waals surface area contributed by atoms with Crippen molar-refractivity contribution in [1.29, 1.82) is 5.41 Å². The van der Waals surface area contributed by atoms with Gasteiger partial charge in [0, 0.05) is 0 Å². The van der Waals surface area contributed by atoms with Gasteiger partial charge < -0.3 is 5.73 Å². The minimum absolute atomic E-state index is 0.0594. The van der Waals surface area contributed by atoms with E-state index in [4.69, 9.17) is 11.1 Å². The fraction of sp³-hybridized carbons (Fsp3) is 0.364. The highest BCUT2D eigenvalue weighted by atomic mass is 32.2. The summed E-state index contributed by atoms with van der Waals surface area (Å²) in [5, 5.41) is 7.35. The fourth-order valence-corrected chi connectivity index (χ4v) is 2.77. The first-order valence-corrected chi connectivity index (χ1v) is 6.84. The third-order valence-electron chi connectivity index (χ3n) is 2.41. The molecule has 0 heterocycles. The van der Waals surface area contributed by atoms with Crippen LogP contribution >= 0.6 is 0 Å². The van der Waals surface area contributed by atoms with Crippen molar-refractivity contribution in [3.8, 4) is 0 Å². The van der Waals surface area contributed by atoms with E-state index in [9.17, 15) is 12.8 Å². The molecule has 0 fully saturated rings. The molecule has 0 spiro atoms. The molecule has 0 aliphatic heterocycles. The normalized spacial score (nSPS) is 13.6. The topological polar surface area (TPSA) is 96.0 Å². The number of nitrogens with two attached hydrogens (primary N) is 1. The van der Waals surface area contributed by atoms with E-state index in [1.54, 1.807) is 13.8 Å². The maximum atomic E-state index is 12.7. The Morgan fingerprint density at radius 2 is 1.83 bits per heavy atom. The summed E-state index contributed by atoms with van der Waals surface area (Å²) in [6.07, 6.45) is 0. The van der Waals surface area contributed by atoms with Gasteiger partial charge in [-0.2, -0.15) is 0 Å². The molecular weight excluding hydrogens is 257 g/mol. The number of hydrogen-bond acceptors (Lipinski definition) is 3. The zero-order valence-electron chi connectivity index (χ0n) is 10.1. The molecule has 0 aliphatic rings. The Bertz CT molecular complexity index is 526. The van der Waals surface area contributed by atoms with Gasteiger partial charge in [-0.1, -0.05) is 13.8 Å². The standard InChI is InChI=1S/C11H16FN3O2S/c1-7(2)10(11(13)14)15-18(16,17)9-5-3-8(12)4-6-9/h3-7,10,15H,1-2H3,(H3,13,14). The number of halogens is 1. The molecule has 4 N–H and O–H groups in total. The van der Waals surface area contributed by atoms with E-state index in [0.29, 0.717) is 0 Å². The molecule has 0 aliphatic carbocycles. The second kappa shape index (κ2) is 5.45. The molecule has 5 nitrogen and oxygen atoms in total. The van der Waals surface area contributed by atoms with Gasteiger partial charge in [0.15, 0.2) is 0 Å². The van der Waals surface area contributed by atoms with Crippen molar-refractivity contribution in [3.05, 3.63) is 30.1 Å². The minimum atomic E-state index is -3.80. The van der Waals surface area contributed by atoms with Crippen molar-refractivity contribution in [2.75, 3.05) is 0 Å². The summed E-state index contributed by atoms with van der Waals surface area (Å²) in [6.45, 7) is 3.50. The summed E-state index contributed by atoms with van der Waals surface area (Å²) in [5.74, 6) is -0.922. The molecule has 100 valence electrons. The van der Waals surface area contributed by atoms with Crippen LogP contribution in [0.3, 0.4) is 0 Å². The molecule has 0 saturated heterocycles. The Morgan fingerprint density at radius 3 is 2.22 bits per heavy atom. The highest BCUT2D eigenvalue weighted by Gasteiger charge is 2.24. The summed E-state index contributed by atoms with van der Waals surface area (Å²) in [6, 6.07) is 3.67. The van der Waals surface area contributed by atoms with Gasteiger partial charge in [-0.05, 0) is 30.2 Å². The van der Waals surface area contributed by atoms with Gasteiger partial charge in [0.05, 0.1) is 10.9 Å². The minimum Gasteiger partial charge on any atom is -0.386 e. The van der Waals surface area contributed by atoms with Gasteiger partial charge in [-0.15, -0.1) is 0 Å². The number of hydrogen-bond donors (Lipinski definition) is 3. The van der Waals surface area contributed by atoms with Gasteiger partial charge in [0.25, 0.3) is 0 Å². The van der Waals surface area contributed by atoms with Gasteiger partial charge in [-0.25, -0.2) is 17.5 Å². The van der Waals surface area contributed by atoms with Gasteiger partial charge in [-0.3, -0.25) is 5.41 Å². The van der Waals surface area contributed by atoms with Crippen LogP contribution in [-0.2, 0) is 10.0 Å². The number of rotatable bonds is 5. The van der Waals surface area contributed by atoms with E-state index in [-0.39, 0.29) is 16.6 Å². The smallest absolute Gasteiger partial charge is 0.241 e. The lowest BCUT2D eigenvalue weighted by Crippen LogP contribution is -2.47. The Labute approximate surface area is 106 Å². The number of sulfonamides is 1. The Balaban J connectivity index is 3.01. The lowest BCUT2D eigenvalue weighted by molar-refractivity contribution is 0.522. The van der Waals surface area contributed by atoms with Crippen LogP contribution in [0.1, 0.15) is 13.8 Å². The zero-order valence-corrected chi connectivity index (χ0v) is 11.0. The van der Waals surface area contributed by atoms with Crippen molar-refractivity contribution >= 4 is 15.9 Å². The molecule has 18 heavy (non-hydrogen) atoms. The maximum absolute atomic E-state index is 12.7. The first-order chi connectivity index (χ1) is 8.24. The molecule has 1 aromatic carbocycles. The molecule has 0 saturated carbocycles. The van der Waals surface area contributed by atoms with Gasteiger partial charge >= 0.3 is 0 Å². The van der Waals surface area contributed by atoms with Crippen molar-refractivity contribution in [2.24, 2.45) is 11.7 Å². The Hall–Kier alpha value is -1.47. The van der Waals surface area contributed by atoms with Crippen LogP contribution in [0, 0.1) is 17.1 Å². The molecule has 1 rings (SSSR count). The quantitative estimate of drug-likeness (QED) is 0.553. The lowest BCUT2D eigenvalue weighted by Gasteiger charge is -2.20. The van der Waals surface area contributed by atoms with Gasteiger partial charge in [0.2, 0.25) is 10.0 Å². The molecule has 1 unspecified atom stereocenters. The summed E-state index contributed by atoms with van der Waals surface area (Å²) >= 11 is 0. The Morgan fingerprint density at radius 1 is 1.33 bits per heavy atom. The van der Waals surface area contributed by atoms with Crippen LogP contribution in [0.15, 0.2) is 29.2 Å². The monoisotopic (exact) mass is 273 g/mol. The molecule has 1 aromatic rings. The maximum Gasteiger partial charge on any atom is 0.241 e. The SMILES string of the molecule is CC(C)C(NS(=O)(=O)c1ccc(F)cc1)C(=N)N. The van der Waals surface area contributed by atoms with E-state index >= 15 is 0 Å². The van der Waals surface area contributed by atoms with Crippen molar-refractivity contribution < 1.29 is 12.8 Å². The van der Waals surface area contributed by atoms with E-state index in [1.807, 2.05) is 0 Å². The van der Waals surface area contributed by atoms with Crippen LogP contribution in [-0.4, -0.2) is 20.3 Å². The van der Waals surface area contributed by atoms with E-state index < -0.39 is 21.9 Å². The zero-order chi connectivity index (χ0) is 13.9. The van der Waals surface area contributed by atoms with Crippen LogP contribution < -0.4 is 10.5 Å². The molecule has 7 heteroatoms. The van der Waals surface area contributed by atoms with Crippen LogP contribution in [0.4, 0.5) is 4.39 Å². The summed E-state index contributed by atoms with van der Waals surface area (Å²) in [7, 11) is -3.80. The highest BCUT2D eigenvalue weighted by molar-refractivity contribution is 7.89. The van der Waals surface area contributed by atoms with Crippen LogP contribution in [0.5, 0.6) is 0 Å². The van der Waals surface area contributed by atoms with E-state index in [0.717, 1.165) is 24.3 Å². The third kappa shape index (κ3) is 3.51. The van der Waals surface area contributed by atoms with Crippen LogP contribution in [0.25, 0.3) is 0 Å². The summed E-state index contributed by atoms with van der Waals surface area (Å²) in [4.78, 5) is -0.0594. The predicted molar refractivity (Wildman–Crippen MR) is 67.3 cm³/mol. The Kier molecular flexibility index (Phi) is 4.42. The largest absolute Gasteiger partial charge is 0.386 e. The number of amidine groups is 1. The summed E-state index contributed by atoms with van der Waals surface area (Å²) in [5.41, 5.74) is 5.34. The third-order valence-corrected chi connectivity index (χ3v) is 3.86. The molecule has 1 atom stereocenters. The average molecular weight is 273 g/mol. The molecule has 0 radical (unpaired) electrons. The highest BCUT2D eigenvalue weighted by Crippen LogP contribution is 2.12. The first kappa shape index (κ1) is 14.6. The van der Waals surface area contributed by atoms with E-state index in [2.05, 4.69) is 4.72 Å². The molecular formula is C11H16FN3O2S. The lowest BCUT2D eigenvalue weighted by atomic mass is 10.1. The second-order valence-corrected chi connectivity index (χ2v) is 5.97. The fourth-order valence-electron chi connectivity index (χ4n) is 1.41. The second-order valence-electron chi connectivity index (χ2n) is 4.25. The first-order valence-electron chi connectivity index (χ1n) is 5.36. The summed E-state index contributed by atoms with van der Waals surface area (Å²) < 4.78 is 39.0. The van der Waals surface area contributed by atoms with E-state index in [1.165, 1.54) is 0 Å². The number of nitrogens with one attached hydrogen (secondary N) is 2. The van der Waals surface area contributed by atoms with Crippen molar-refractivity contribution in [3.63, 3.8) is 0 Å².